The minimum absolute atomic E-state index is 0.260. The summed E-state index contributed by atoms with van der Waals surface area (Å²) in [7, 11) is 0. The second-order valence-corrected chi connectivity index (χ2v) is 5.63. The number of aromatic amines is 1. The fourth-order valence-corrected chi connectivity index (χ4v) is 3.24. The summed E-state index contributed by atoms with van der Waals surface area (Å²) in [6.07, 6.45) is 1.89. The molecule has 0 atom stereocenters. The lowest BCUT2D eigenvalue weighted by Crippen LogP contribution is -2.39. The Kier molecular flexibility index (Phi) is 3.93. The molecule has 0 saturated carbocycles. The Hall–Kier alpha value is -0.750. The maximum absolute atomic E-state index is 13.3. The molecule has 1 aliphatic rings. The third kappa shape index (κ3) is 2.74. The maximum Gasteiger partial charge on any atom is 0.329 e. The summed E-state index contributed by atoms with van der Waals surface area (Å²) in [6.45, 7) is 0.267. The highest BCUT2D eigenvalue weighted by Crippen LogP contribution is 2.23. The standard InChI is InChI=1S/C10H12ClFN2O2S/c11-8-7(12)9(15)14(10(16)13-8)5-6-1-3-17-4-2-6/h6H,1-5H2,(H,13,16). The van der Waals surface area contributed by atoms with Crippen LogP contribution in [0.5, 0.6) is 0 Å². The Morgan fingerprint density at radius 2 is 2.06 bits per heavy atom. The highest BCUT2D eigenvalue weighted by atomic mass is 35.5. The first kappa shape index (κ1) is 12.7. The van der Waals surface area contributed by atoms with Crippen molar-refractivity contribution < 1.29 is 4.39 Å². The predicted molar refractivity (Wildman–Crippen MR) is 66.3 cm³/mol. The van der Waals surface area contributed by atoms with Crippen molar-refractivity contribution in [1.29, 1.82) is 0 Å². The first-order chi connectivity index (χ1) is 8.09. The van der Waals surface area contributed by atoms with Crippen molar-refractivity contribution in [3.8, 4) is 0 Å². The van der Waals surface area contributed by atoms with E-state index in [-0.39, 0.29) is 12.5 Å². The number of aromatic nitrogens is 2. The summed E-state index contributed by atoms with van der Waals surface area (Å²) in [5, 5.41) is -0.518. The zero-order chi connectivity index (χ0) is 12.4. The van der Waals surface area contributed by atoms with Crippen molar-refractivity contribution in [3.05, 3.63) is 31.8 Å². The monoisotopic (exact) mass is 278 g/mol. The first-order valence-electron chi connectivity index (χ1n) is 5.35. The van der Waals surface area contributed by atoms with Crippen molar-refractivity contribution in [2.75, 3.05) is 11.5 Å². The second kappa shape index (κ2) is 5.27. The smallest absolute Gasteiger partial charge is 0.295 e. The summed E-state index contributed by atoms with van der Waals surface area (Å²) >= 11 is 7.24. The number of halogens is 2. The van der Waals surface area contributed by atoms with Gasteiger partial charge < -0.3 is 0 Å². The molecule has 0 bridgehead atoms. The summed E-state index contributed by atoms with van der Waals surface area (Å²) in [6, 6.07) is 0. The molecule has 0 aromatic carbocycles. The van der Waals surface area contributed by atoms with E-state index in [0.29, 0.717) is 0 Å². The van der Waals surface area contributed by atoms with Gasteiger partial charge in [0.15, 0.2) is 5.15 Å². The van der Waals surface area contributed by atoms with E-state index in [1.807, 2.05) is 11.8 Å². The Morgan fingerprint density at radius 3 is 2.71 bits per heavy atom. The van der Waals surface area contributed by atoms with Crippen molar-refractivity contribution >= 4 is 23.4 Å². The zero-order valence-electron chi connectivity index (χ0n) is 9.04. The van der Waals surface area contributed by atoms with Gasteiger partial charge in [-0.2, -0.15) is 16.2 Å². The number of thioether (sulfide) groups is 1. The fraction of sp³-hybridized carbons (Fsp3) is 0.600. The second-order valence-electron chi connectivity index (χ2n) is 4.03. The van der Waals surface area contributed by atoms with E-state index in [4.69, 9.17) is 11.6 Å². The maximum atomic E-state index is 13.3. The van der Waals surface area contributed by atoms with Crippen LogP contribution in [0.4, 0.5) is 4.39 Å². The molecule has 17 heavy (non-hydrogen) atoms. The Bertz CT molecular complexity index is 522. The quantitative estimate of drug-likeness (QED) is 0.834. The molecular formula is C10H12ClFN2O2S. The zero-order valence-corrected chi connectivity index (χ0v) is 10.6. The van der Waals surface area contributed by atoms with Gasteiger partial charge in [0, 0.05) is 6.54 Å². The molecule has 1 aliphatic heterocycles. The molecule has 0 radical (unpaired) electrons. The van der Waals surface area contributed by atoms with Crippen LogP contribution in [0.2, 0.25) is 5.15 Å². The van der Waals surface area contributed by atoms with Crippen molar-refractivity contribution in [2.45, 2.75) is 19.4 Å². The van der Waals surface area contributed by atoms with Gasteiger partial charge in [0.1, 0.15) is 0 Å². The first-order valence-corrected chi connectivity index (χ1v) is 6.88. The third-order valence-corrected chi connectivity index (χ3v) is 4.18. The van der Waals surface area contributed by atoms with Crippen LogP contribution in [-0.2, 0) is 6.54 Å². The predicted octanol–water partition coefficient (Wildman–Crippen LogP) is 1.47. The topological polar surface area (TPSA) is 54.9 Å². The number of hydrogen-bond acceptors (Lipinski definition) is 3. The van der Waals surface area contributed by atoms with Gasteiger partial charge in [-0.15, -0.1) is 0 Å². The molecule has 1 N–H and O–H groups in total. The number of rotatable bonds is 2. The summed E-state index contributed by atoms with van der Waals surface area (Å²) in [5.41, 5.74) is -1.57. The van der Waals surface area contributed by atoms with E-state index in [9.17, 15) is 14.0 Å². The third-order valence-electron chi connectivity index (χ3n) is 2.87. The lowest BCUT2D eigenvalue weighted by molar-refractivity contribution is 0.392. The molecule has 0 amide bonds. The van der Waals surface area contributed by atoms with Crippen LogP contribution in [0.3, 0.4) is 0 Å². The Morgan fingerprint density at radius 1 is 1.41 bits per heavy atom. The molecular weight excluding hydrogens is 267 g/mol. The number of nitrogens with zero attached hydrogens (tertiary/aromatic N) is 1. The summed E-state index contributed by atoms with van der Waals surface area (Å²) < 4.78 is 14.2. The molecule has 1 aromatic rings. The van der Waals surface area contributed by atoms with E-state index < -0.39 is 22.2 Å². The summed E-state index contributed by atoms with van der Waals surface area (Å²) in [5.74, 6) is 1.22. The van der Waals surface area contributed by atoms with Crippen LogP contribution in [0, 0.1) is 11.7 Å². The van der Waals surface area contributed by atoms with Crippen LogP contribution >= 0.6 is 23.4 Å². The Balaban J connectivity index is 2.29. The van der Waals surface area contributed by atoms with Crippen LogP contribution in [-0.4, -0.2) is 21.1 Å². The van der Waals surface area contributed by atoms with E-state index in [1.165, 1.54) is 0 Å². The number of H-pyrrole nitrogens is 1. The van der Waals surface area contributed by atoms with E-state index in [0.717, 1.165) is 28.9 Å². The molecule has 7 heteroatoms. The summed E-state index contributed by atoms with van der Waals surface area (Å²) in [4.78, 5) is 25.2. The molecule has 0 aliphatic carbocycles. The molecule has 1 fully saturated rings. The van der Waals surface area contributed by atoms with Crippen LogP contribution in [0.15, 0.2) is 9.59 Å². The van der Waals surface area contributed by atoms with Crippen molar-refractivity contribution in [3.63, 3.8) is 0 Å². The molecule has 0 unspecified atom stereocenters. The van der Waals surface area contributed by atoms with Crippen LogP contribution < -0.4 is 11.2 Å². The largest absolute Gasteiger partial charge is 0.329 e. The van der Waals surface area contributed by atoms with Gasteiger partial charge in [-0.25, -0.2) is 4.79 Å². The van der Waals surface area contributed by atoms with Gasteiger partial charge in [0.05, 0.1) is 0 Å². The molecule has 0 spiro atoms. The van der Waals surface area contributed by atoms with Crippen molar-refractivity contribution in [1.82, 2.24) is 9.55 Å². The molecule has 1 saturated heterocycles. The Labute approximate surface area is 106 Å². The van der Waals surface area contributed by atoms with Gasteiger partial charge >= 0.3 is 5.69 Å². The molecule has 2 heterocycles. The van der Waals surface area contributed by atoms with Crippen LogP contribution in [0.1, 0.15) is 12.8 Å². The molecule has 4 nitrogen and oxygen atoms in total. The van der Waals surface area contributed by atoms with E-state index in [2.05, 4.69) is 4.98 Å². The molecule has 94 valence electrons. The van der Waals surface area contributed by atoms with Crippen molar-refractivity contribution in [2.24, 2.45) is 5.92 Å². The van der Waals surface area contributed by atoms with E-state index in [1.54, 1.807) is 0 Å². The number of hydrogen-bond donors (Lipinski definition) is 1. The van der Waals surface area contributed by atoms with Gasteiger partial charge in [-0.05, 0) is 30.3 Å². The average Bonchev–Trinajstić information content (AvgIpc) is 2.33. The molecule has 1 aromatic heterocycles. The minimum Gasteiger partial charge on any atom is -0.295 e. The lowest BCUT2D eigenvalue weighted by Gasteiger charge is -2.21. The van der Waals surface area contributed by atoms with Gasteiger partial charge in [-0.1, -0.05) is 11.6 Å². The lowest BCUT2D eigenvalue weighted by atomic mass is 10.0. The van der Waals surface area contributed by atoms with Crippen LogP contribution in [0.25, 0.3) is 0 Å². The normalized spacial score (nSPS) is 17.3. The van der Waals surface area contributed by atoms with Gasteiger partial charge in [0.25, 0.3) is 5.56 Å². The van der Waals surface area contributed by atoms with Gasteiger partial charge in [-0.3, -0.25) is 14.3 Å². The average molecular weight is 279 g/mol. The highest BCUT2D eigenvalue weighted by molar-refractivity contribution is 7.99. The van der Waals surface area contributed by atoms with E-state index >= 15 is 0 Å². The highest BCUT2D eigenvalue weighted by Gasteiger charge is 2.18. The van der Waals surface area contributed by atoms with Gasteiger partial charge in [0.2, 0.25) is 5.82 Å². The number of nitrogens with one attached hydrogen (secondary N) is 1. The minimum atomic E-state index is -1.09. The SMILES string of the molecule is O=c1[nH]c(Cl)c(F)c(=O)n1CC1CCSCC1. The fourth-order valence-electron chi connectivity index (χ4n) is 1.87. The molecule has 2 rings (SSSR count).